The number of aromatic nitrogens is 3. The van der Waals surface area contributed by atoms with Crippen LogP contribution in [0.1, 0.15) is 28.2 Å². The van der Waals surface area contributed by atoms with Crippen LogP contribution in [0.4, 0.5) is 0 Å². The van der Waals surface area contributed by atoms with E-state index in [2.05, 4.69) is 35.1 Å². The van der Waals surface area contributed by atoms with Crippen LogP contribution in [0.3, 0.4) is 0 Å². The second-order valence-corrected chi connectivity index (χ2v) is 4.20. The lowest BCUT2D eigenvalue weighted by Crippen LogP contribution is -2.05. The van der Waals surface area contributed by atoms with Crippen LogP contribution in [0.25, 0.3) is 0 Å². The van der Waals surface area contributed by atoms with Gasteiger partial charge in [-0.15, -0.1) is 0 Å². The van der Waals surface area contributed by atoms with E-state index in [0.717, 1.165) is 18.5 Å². The van der Waals surface area contributed by atoms with Gasteiger partial charge in [0, 0.05) is 29.9 Å². The van der Waals surface area contributed by atoms with E-state index in [1.807, 2.05) is 6.20 Å². The molecule has 0 aromatic carbocycles. The normalized spacial score (nSPS) is 10.9. The average Bonchev–Trinajstić information content (AvgIpc) is 2.77. The lowest BCUT2D eigenvalue weighted by atomic mass is 10.1. The quantitative estimate of drug-likeness (QED) is 0.726. The van der Waals surface area contributed by atoms with Gasteiger partial charge in [0.2, 0.25) is 0 Å². The number of nitrogens with one attached hydrogen (secondary N) is 2. The highest BCUT2D eigenvalue weighted by molar-refractivity contribution is 5.30. The van der Waals surface area contributed by atoms with Gasteiger partial charge in [0.05, 0.1) is 6.20 Å². The molecule has 4 heteroatoms. The molecule has 0 amide bonds. The summed E-state index contributed by atoms with van der Waals surface area (Å²) in [5, 5.41) is 7.09. The molecule has 0 bridgehead atoms. The SMILES string of the molecule is Cc1cc(C)c(Cc2cn[nH]c2CCN)[nH]1. The van der Waals surface area contributed by atoms with E-state index in [1.54, 1.807) is 0 Å². The highest BCUT2D eigenvalue weighted by atomic mass is 15.1. The van der Waals surface area contributed by atoms with Crippen LogP contribution in [0.5, 0.6) is 0 Å². The molecule has 2 rings (SSSR count). The van der Waals surface area contributed by atoms with E-state index in [9.17, 15) is 0 Å². The number of hydrogen-bond acceptors (Lipinski definition) is 2. The summed E-state index contributed by atoms with van der Waals surface area (Å²) in [4.78, 5) is 3.38. The maximum absolute atomic E-state index is 5.56. The first-order chi connectivity index (χ1) is 7.70. The molecule has 0 fully saturated rings. The number of H-pyrrole nitrogens is 2. The van der Waals surface area contributed by atoms with Gasteiger partial charge < -0.3 is 10.7 Å². The lowest BCUT2D eigenvalue weighted by Gasteiger charge is -2.01. The number of nitrogens with two attached hydrogens (primary N) is 1. The summed E-state index contributed by atoms with van der Waals surface area (Å²) >= 11 is 0. The fourth-order valence-electron chi connectivity index (χ4n) is 2.01. The molecule has 86 valence electrons. The molecule has 2 aromatic rings. The van der Waals surface area contributed by atoms with Crippen molar-refractivity contribution in [1.29, 1.82) is 0 Å². The summed E-state index contributed by atoms with van der Waals surface area (Å²) in [6.07, 6.45) is 3.64. The van der Waals surface area contributed by atoms with Crippen molar-refractivity contribution >= 4 is 0 Å². The van der Waals surface area contributed by atoms with E-state index in [1.165, 1.54) is 22.5 Å². The van der Waals surface area contributed by atoms with E-state index in [-0.39, 0.29) is 0 Å². The molecule has 0 radical (unpaired) electrons. The van der Waals surface area contributed by atoms with Gasteiger partial charge in [-0.3, -0.25) is 5.10 Å². The zero-order chi connectivity index (χ0) is 11.5. The minimum Gasteiger partial charge on any atom is -0.362 e. The molecule has 2 aromatic heterocycles. The molecule has 0 aliphatic rings. The van der Waals surface area contributed by atoms with Crippen molar-refractivity contribution in [2.24, 2.45) is 5.73 Å². The lowest BCUT2D eigenvalue weighted by molar-refractivity contribution is 0.886. The third-order valence-electron chi connectivity index (χ3n) is 2.83. The van der Waals surface area contributed by atoms with Crippen LogP contribution in [0, 0.1) is 13.8 Å². The first-order valence-corrected chi connectivity index (χ1v) is 5.57. The monoisotopic (exact) mass is 218 g/mol. The number of nitrogens with zero attached hydrogens (tertiary/aromatic N) is 1. The first-order valence-electron chi connectivity index (χ1n) is 5.57. The predicted octanol–water partition coefficient (Wildman–Crippen LogP) is 1.45. The first kappa shape index (κ1) is 11.0. The molecule has 4 nitrogen and oxygen atoms in total. The van der Waals surface area contributed by atoms with Crippen LogP contribution in [-0.4, -0.2) is 21.7 Å². The van der Waals surface area contributed by atoms with Crippen molar-refractivity contribution in [2.75, 3.05) is 6.54 Å². The molecule has 4 N–H and O–H groups in total. The molecule has 0 aliphatic heterocycles. The Bertz CT molecular complexity index is 467. The average molecular weight is 218 g/mol. The summed E-state index contributed by atoms with van der Waals surface area (Å²) in [5.41, 5.74) is 11.7. The molecule has 0 atom stereocenters. The Morgan fingerprint density at radius 1 is 1.31 bits per heavy atom. The van der Waals surface area contributed by atoms with E-state index >= 15 is 0 Å². The summed E-state index contributed by atoms with van der Waals surface area (Å²) in [7, 11) is 0. The second-order valence-electron chi connectivity index (χ2n) is 4.20. The minimum absolute atomic E-state index is 0.651. The van der Waals surface area contributed by atoms with Crippen molar-refractivity contribution < 1.29 is 0 Å². The Morgan fingerprint density at radius 2 is 2.12 bits per heavy atom. The topological polar surface area (TPSA) is 70.5 Å². The Morgan fingerprint density at radius 3 is 2.75 bits per heavy atom. The standard InChI is InChI=1S/C12H18N4/c1-8-5-9(2)15-12(8)6-10-7-14-16-11(10)3-4-13/h5,7,15H,3-4,6,13H2,1-2H3,(H,14,16). The van der Waals surface area contributed by atoms with Crippen molar-refractivity contribution in [2.45, 2.75) is 26.7 Å². The van der Waals surface area contributed by atoms with Crippen LogP contribution < -0.4 is 5.73 Å². The zero-order valence-electron chi connectivity index (χ0n) is 9.80. The third kappa shape index (κ3) is 2.17. The van der Waals surface area contributed by atoms with Crippen molar-refractivity contribution in [3.8, 4) is 0 Å². The maximum Gasteiger partial charge on any atom is 0.0526 e. The molecule has 0 aliphatic carbocycles. The maximum atomic E-state index is 5.56. The van der Waals surface area contributed by atoms with Crippen LogP contribution in [-0.2, 0) is 12.8 Å². The van der Waals surface area contributed by atoms with Crippen LogP contribution in [0.15, 0.2) is 12.3 Å². The third-order valence-corrected chi connectivity index (χ3v) is 2.83. The molecule has 0 unspecified atom stereocenters. The summed E-state index contributed by atoms with van der Waals surface area (Å²) in [5.74, 6) is 0. The van der Waals surface area contributed by atoms with Gasteiger partial charge in [0.25, 0.3) is 0 Å². The highest BCUT2D eigenvalue weighted by Crippen LogP contribution is 2.16. The van der Waals surface area contributed by atoms with Gasteiger partial charge in [0.1, 0.15) is 0 Å². The summed E-state index contributed by atoms with van der Waals surface area (Å²) in [6.45, 7) is 4.85. The second kappa shape index (κ2) is 4.53. The van der Waals surface area contributed by atoms with Crippen molar-refractivity contribution in [1.82, 2.24) is 15.2 Å². The Balaban J connectivity index is 2.20. The largest absolute Gasteiger partial charge is 0.362 e. The van der Waals surface area contributed by atoms with Crippen LogP contribution in [0.2, 0.25) is 0 Å². The summed E-state index contributed by atoms with van der Waals surface area (Å²) in [6, 6.07) is 2.16. The molecule has 0 saturated heterocycles. The van der Waals surface area contributed by atoms with Crippen molar-refractivity contribution in [3.05, 3.63) is 40.5 Å². The fourth-order valence-corrected chi connectivity index (χ4v) is 2.01. The molecule has 2 heterocycles. The smallest absolute Gasteiger partial charge is 0.0526 e. The van der Waals surface area contributed by atoms with Crippen LogP contribution >= 0.6 is 0 Å². The van der Waals surface area contributed by atoms with Crippen molar-refractivity contribution in [3.63, 3.8) is 0 Å². The summed E-state index contributed by atoms with van der Waals surface area (Å²) < 4.78 is 0. The van der Waals surface area contributed by atoms with Gasteiger partial charge in [-0.05, 0) is 37.6 Å². The number of rotatable bonds is 4. The fraction of sp³-hybridized carbons (Fsp3) is 0.417. The van der Waals surface area contributed by atoms with Gasteiger partial charge in [0.15, 0.2) is 0 Å². The molecule has 0 spiro atoms. The minimum atomic E-state index is 0.651. The molecule has 0 saturated carbocycles. The molecule has 16 heavy (non-hydrogen) atoms. The van der Waals surface area contributed by atoms with Gasteiger partial charge in [-0.1, -0.05) is 0 Å². The Kier molecular flexibility index (Phi) is 3.10. The Labute approximate surface area is 95.3 Å². The highest BCUT2D eigenvalue weighted by Gasteiger charge is 2.08. The predicted molar refractivity (Wildman–Crippen MR) is 64.4 cm³/mol. The van der Waals surface area contributed by atoms with E-state index in [4.69, 9.17) is 5.73 Å². The number of hydrogen-bond donors (Lipinski definition) is 3. The van der Waals surface area contributed by atoms with Gasteiger partial charge in [-0.2, -0.15) is 5.10 Å². The van der Waals surface area contributed by atoms with Gasteiger partial charge in [-0.25, -0.2) is 0 Å². The molecular formula is C12H18N4. The Hall–Kier alpha value is -1.55. The number of aromatic amines is 2. The van der Waals surface area contributed by atoms with E-state index < -0.39 is 0 Å². The number of aryl methyl sites for hydroxylation is 2. The van der Waals surface area contributed by atoms with Gasteiger partial charge >= 0.3 is 0 Å². The van der Waals surface area contributed by atoms with E-state index in [0.29, 0.717) is 6.54 Å². The molecular weight excluding hydrogens is 200 g/mol. The zero-order valence-corrected chi connectivity index (χ0v) is 9.80.